The predicted molar refractivity (Wildman–Crippen MR) is 63.5 cm³/mol. The van der Waals surface area contributed by atoms with Crippen LogP contribution in [0.4, 0.5) is 0 Å². The van der Waals surface area contributed by atoms with Crippen LogP contribution in [0.25, 0.3) is 0 Å². The number of carbonyl (C=O) groups is 2. The summed E-state index contributed by atoms with van der Waals surface area (Å²) in [5, 5.41) is 0. The lowest BCUT2D eigenvalue weighted by Gasteiger charge is -2.27. The van der Waals surface area contributed by atoms with Gasteiger partial charge in [0.2, 0.25) is 5.91 Å². The molecule has 94 valence electrons. The van der Waals surface area contributed by atoms with E-state index in [1.165, 1.54) is 18.9 Å². The highest BCUT2D eigenvalue weighted by Gasteiger charge is 2.29. The maximum Gasteiger partial charge on any atom is 0.328 e. The van der Waals surface area contributed by atoms with E-state index in [0.29, 0.717) is 6.42 Å². The van der Waals surface area contributed by atoms with Crippen LogP contribution in [-0.4, -0.2) is 41.8 Å². The highest BCUT2D eigenvalue weighted by molar-refractivity contribution is 6.44. The number of rotatable bonds is 5. The first kappa shape index (κ1) is 15.5. The Morgan fingerprint density at radius 1 is 1.38 bits per heavy atom. The van der Waals surface area contributed by atoms with E-state index < -0.39 is 16.8 Å². The molecule has 6 heteroatoms. The zero-order chi connectivity index (χ0) is 12.9. The molecule has 0 saturated heterocycles. The molecular formula is C10H17Cl2NO3. The highest BCUT2D eigenvalue weighted by Crippen LogP contribution is 2.22. The van der Waals surface area contributed by atoms with Crippen molar-refractivity contribution in [2.75, 3.05) is 14.2 Å². The Hall–Kier alpha value is -0.480. The summed E-state index contributed by atoms with van der Waals surface area (Å²) in [7, 11) is 2.83. The molecular weight excluding hydrogens is 253 g/mol. The molecule has 0 aliphatic carbocycles. The van der Waals surface area contributed by atoms with Gasteiger partial charge in [-0.2, -0.15) is 0 Å². The van der Waals surface area contributed by atoms with E-state index in [1.807, 2.05) is 6.92 Å². The molecule has 2 atom stereocenters. The molecule has 16 heavy (non-hydrogen) atoms. The molecule has 0 heterocycles. The van der Waals surface area contributed by atoms with Gasteiger partial charge in [-0.15, -0.1) is 23.2 Å². The Labute approximate surface area is 106 Å². The van der Waals surface area contributed by atoms with Crippen LogP contribution >= 0.6 is 23.2 Å². The number of halogens is 2. The molecule has 0 bridgehead atoms. The Morgan fingerprint density at radius 3 is 2.19 bits per heavy atom. The van der Waals surface area contributed by atoms with Crippen molar-refractivity contribution in [1.29, 1.82) is 0 Å². The molecule has 1 unspecified atom stereocenters. The molecule has 0 rings (SSSR count). The van der Waals surface area contributed by atoms with Gasteiger partial charge in [0.05, 0.1) is 7.11 Å². The summed E-state index contributed by atoms with van der Waals surface area (Å²) in [6.45, 7) is 3.20. The summed E-state index contributed by atoms with van der Waals surface area (Å²) < 4.78 is 4.65. The van der Waals surface area contributed by atoms with Crippen LogP contribution in [0.2, 0.25) is 0 Å². The number of esters is 1. The summed E-state index contributed by atoms with van der Waals surface area (Å²) in [6.07, 6.45) is 0.375. The number of amides is 1. The number of carbonyl (C=O) groups excluding carboxylic acids is 2. The quantitative estimate of drug-likeness (QED) is 0.565. The van der Waals surface area contributed by atoms with Crippen molar-refractivity contribution in [2.24, 2.45) is 5.92 Å². The predicted octanol–water partition coefficient (Wildman–Crippen LogP) is 1.84. The van der Waals surface area contributed by atoms with Crippen LogP contribution in [0, 0.1) is 5.92 Å². The van der Waals surface area contributed by atoms with Gasteiger partial charge in [0.15, 0.2) is 0 Å². The Kier molecular flexibility index (Phi) is 6.76. The van der Waals surface area contributed by atoms with Gasteiger partial charge >= 0.3 is 5.97 Å². The normalized spacial score (nSPS) is 14.4. The van der Waals surface area contributed by atoms with Gasteiger partial charge in [0.25, 0.3) is 0 Å². The summed E-state index contributed by atoms with van der Waals surface area (Å²) in [4.78, 5) is 23.5. The number of hydrogen-bond donors (Lipinski definition) is 0. The zero-order valence-corrected chi connectivity index (χ0v) is 11.4. The third kappa shape index (κ3) is 4.58. The molecule has 0 aliphatic heterocycles. The van der Waals surface area contributed by atoms with Crippen LogP contribution < -0.4 is 0 Å². The Balaban J connectivity index is 4.68. The molecule has 0 aromatic heterocycles. The maximum atomic E-state index is 11.5. The van der Waals surface area contributed by atoms with Crippen LogP contribution in [0.1, 0.15) is 20.3 Å². The number of ether oxygens (including phenoxy) is 1. The summed E-state index contributed by atoms with van der Waals surface area (Å²) >= 11 is 11.4. The van der Waals surface area contributed by atoms with Crippen LogP contribution in [0.3, 0.4) is 0 Å². The molecule has 0 aromatic carbocycles. The smallest absolute Gasteiger partial charge is 0.328 e. The first-order valence-corrected chi connectivity index (χ1v) is 5.77. The minimum absolute atomic E-state index is 0.103. The second-order valence-electron chi connectivity index (χ2n) is 3.72. The van der Waals surface area contributed by atoms with Gasteiger partial charge in [-0.05, 0) is 12.3 Å². The minimum atomic E-state index is -0.641. The Bertz CT molecular complexity index is 258. The van der Waals surface area contributed by atoms with Crippen LogP contribution in [-0.2, 0) is 14.3 Å². The van der Waals surface area contributed by atoms with E-state index in [9.17, 15) is 9.59 Å². The highest BCUT2D eigenvalue weighted by atomic mass is 35.5. The number of hydrogen-bond acceptors (Lipinski definition) is 3. The fourth-order valence-electron chi connectivity index (χ4n) is 1.22. The summed E-state index contributed by atoms with van der Waals surface area (Å²) in [5.74, 6) is -0.768. The fraction of sp³-hybridized carbons (Fsp3) is 0.800. The van der Waals surface area contributed by atoms with Crippen molar-refractivity contribution in [2.45, 2.75) is 31.1 Å². The van der Waals surface area contributed by atoms with Crippen molar-refractivity contribution < 1.29 is 14.3 Å². The average Bonchev–Trinajstić information content (AvgIpc) is 2.23. The third-order valence-electron chi connectivity index (χ3n) is 2.46. The molecule has 0 radical (unpaired) electrons. The lowest BCUT2D eigenvalue weighted by Crippen LogP contribution is -2.43. The van der Waals surface area contributed by atoms with E-state index in [0.717, 1.165) is 0 Å². The minimum Gasteiger partial charge on any atom is -0.467 e. The van der Waals surface area contributed by atoms with E-state index in [1.54, 1.807) is 7.05 Å². The van der Waals surface area contributed by atoms with Crippen molar-refractivity contribution in [3.63, 3.8) is 0 Å². The fourth-order valence-corrected chi connectivity index (χ4v) is 1.43. The summed E-state index contributed by atoms with van der Waals surface area (Å²) in [5.41, 5.74) is 0. The third-order valence-corrected chi connectivity index (χ3v) is 3.32. The number of methoxy groups -OCH3 is 1. The second-order valence-corrected chi connectivity index (χ2v) is 4.88. The summed E-state index contributed by atoms with van der Waals surface area (Å²) in [6, 6.07) is -0.641. The molecule has 0 N–H and O–H groups in total. The van der Waals surface area contributed by atoms with Crippen molar-refractivity contribution in [3.8, 4) is 0 Å². The molecule has 0 fully saturated rings. The lowest BCUT2D eigenvalue weighted by atomic mass is 10.0. The van der Waals surface area contributed by atoms with Crippen molar-refractivity contribution in [3.05, 3.63) is 0 Å². The van der Waals surface area contributed by atoms with E-state index >= 15 is 0 Å². The van der Waals surface area contributed by atoms with Gasteiger partial charge in [-0.3, -0.25) is 4.79 Å². The van der Waals surface area contributed by atoms with Crippen molar-refractivity contribution in [1.82, 2.24) is 4.90 Å². The van der Waals surface area contributed by atoms with Gasteiger partial charge in [-0.1, -0.05) is 6.92 Å². The average molecular weight is 270 g/mol. The topological polar surface area (TPSA) is 46.6 Å². The largest absolute Gasteiger partial charge is 0.467 e. The first-order valence-electron chi connectivity index (χ1n) is 4.90. The lowest BCUT2D eigenvalue weighted by molar-refractivity contribution is -0.151. The van der Waals surface area contributed by atoms with Gasteiger partial charge in [-0.25, -0.2) is 4.79 Å². The number of nitrogens with zero attached hydrogens (tertiary/aromatic N) is 1. The number of likely N-dealkylation sites (N-methyl/N-ethyl adjacent to an activating group) is 1. The van der Waals surface area contributed by atoms with E-state index in [-0.39, 0.29) is 11.8 Å². The Morgan fingerprint density at radius 2 is 1.88 bits per heavy atom. The van der Waals surface area contributed by atoms with Gasteiger partial charge < -0.3 is 9.64 Å². The molecule has 4 nitrogen and oxygen atoms in total. The molecule has 0 aliphatic rings. The molecule has 0 saturated carbocycles. The second kappa shape index (κ2) is 6.97. The zero-order valence-electron chi connectivity index (χ0n) is 9.87. The molecule has 1 amide bonds. The monoisotopic (exact) mass is 269 g/mol. The maximum absolute atomic E-state index is 11.5. The van der Waals surface area contributed by atoms with Gasteiger partial charge in [0, 0.05) is 14.0 Å². The van der Waals surface area contributed by atoms with Gasteiger partial charge in [0.1, 0.15) is 10.9 Å². The van der Waals surface area contributed by atoms with E-state index in [2.05, 4.69) is 4.74 Å². The van der Waals surface area contributed by atoms with E-state index in [4.69, 9.17) is 23.2 Å². The first-order chi connectivity index (χ1) is 7.31. The van der Waals surface area contributed by atoms with Crippen molar-refractivity contribution >= 4 is 35.1 Å². The molecule has 0 aromatic rings. The standard InChI is InChI=1S/C10H17Cl2NO3/c1-6(9(11)12)5-8(10(15)16-4)13(3)7(2)14/h6,8-9H,5H2,1-4H3/t6?,8-/m0/s1. The van der Waals surface area contributed by atoms with Crippen LogP contribution in [0.15, 0.2) is 0 Å². The van der Waals surface area contributed by atoms with Crippen LogP contribution in [0.5, 0.6) is 0 Å². The molecule has 0 spiro atoms. The number of alkyl halides is 2. The SMILES string of the molecule is COC(=O)[C@H](CC(C)C(Cl)Cl)N(C)C(C)=O.